The van der Waals surface area contributed by atoms with E-state index >= 15 is 0 Å². The minimum absolute atomic E-state index is 0.00185. The molecule has 0 radical (unpaired) electrons. The van der Waals surface area contributed by atoms with Gasteiger partial charge in [-0.1, -0.05) is 0 Å². The van der Waals surface area contributed by atoms with Crippen molar-refractivity contribution in [1.29, 1.82) is 0 Å². The molecule has 0 spiro atoms. The maximum Gasteiger partial charge on any atom is 0.317 e. The predicted molar refractivity (Wildman–Crippen MR) is 50.7 cm³/mol. The fourth-order valence-electron chi connectivity index (χ4n) is 1.47. The van der Waals surface area contributed by atoms with E-state index in [1.165, 1.54) is 0 Å². The summed E-state index contributed by atoms with van der Waals surface area (Å²) in [4.78, 5) is 13.1. The molecule has 1 unspecified atom stereocenters. The fourth-order valence-corrected chi connectivity index (χ4v) is 1.47. The minimum atomic E-state index is -0.00185. The summed E-state index contributed by atoms with van der Waals surface area (Å²) in [5, 5.41) is 2.77. The smallest absolute Gasteiger partial charge is 0.317 e. The zero-order valence-corrected chi connectivity index (χ0v) is 8.38. The lowest BCUT2D eigenvalue weighted by molar-refractivity contribution is 0.0390. The maximum atomic E-state index is 11.4. The van der Waals surface area contributed by atoms with Crippen LogP contribution in [0.25, 0.3) is 0 Å². The Hall–Kier alpha value is -0.770. The number of likely N-dealkylation sites (N-methyl/N-ethyl adjacent to an activating group) is 1. The summed E-state index contributed by atoms with van der Waals surface area (Å²) >= 11 is 0. The largest absolute Gasteiger partial charge is 0.379 e. The number of nitrogens with one attached hydrogen (secondary N) is 1. The predicted octanol–water partition coefficient (Wildman–Crippen LogP) is 0.827. The third kappa shape index (κ3) is 2.88. The van der Waals surface area contributed by atoms with E-state index < -0.39 is 0 Å². The normalized spacial score (nSPS) is 22.5. The van der Waals surface area contributed by atoms with Gasteiger partial charge in [0.1, 0.15) is 0 Å². The average molecular weight is 186 g/mol. The molecule has 0 saturated carbocycles. The van der Waals surface area contributed by atoms with Crippen molar-refractivity contribution in [3.63, 3.8) is 0 Å². The molecule has 1 N–H and O–H groups in total. The number of ether oxygens (including phenoxy) is 1. The van der Waals surface area contributed by atoms with Crippen LogP contribution in [0.4, 0.5) is 4.79 Å². The molecule has 0 aromatic rings. The minimum Gasteiger partial charge on any atom is -0.379 e. The standard InChI is InChI=1S/C9H18N2O2/c1-3-10-9(12)11(2)8-5-4-6-13-7-8/h8H,3-7H2,1-2H3,(H,10,12). The topological polar surface area (TPSA) is 41.6 Å². The highest BCUT2D eigenvalue weighted by Crippen LogP contribution is 2.11. The highest BCUT2D eigenvalue weighted by Gasteiger charge is 2.21. The Bertz CT molecular complexity index is 167. The molecular formula is C9H18N2O2. The number of carbonyl (C=O) groups excluding carboxylic acids is 1. The molecule has 1 atom stereocenters. The summed E-state index contributed by atoms with van der Waals surface area (Å²) in [6.45, 7) is 4.10. The number of amides is 2. The second kappa shape index (κ2) is 5.07. The number of carbonyl (C=O) groups is 1. The number of nitrogens with zero attached hydrogens (tertiary/aromatic N) is 1. The molecule has 1 aliphatic rings. The van der Waals surface area contributed by atoms with Crippen molar-refractivity contribution < 1.29 is 9.53 Å². The van der Waals surface area contributed by atoms with Crippen molar-refractivity contribution in [2.24, 2.45) is 0 Å². The van der Waals surface area contributed by atoms with Gasteiger partial charge in [0.05, 0.1) is 12.6 Å². The van der Waals surface area contributed by atoms with E-state index in [0.717, 1.165) is 19.4 Å². The molecule has 0 aromatic carbocycles. The van der Waals surface area contributed by atoms with Crippen LogP contribution in [-0.4, -0.2) is 43.8 Å². The summed E-state index contributed by atoms with van der Waals surface area (Å²) in [5.74, 6) is 0. The zero-order valence-electron chi connectivity index (χ0n) is 8.38. The number of urea groups is 1. The van der Waals surface area contributed by atoms with Crippen molar-refractivity contribution >= 4 is 6.03 Å². The molecule has 4 nitrogen and oxygen atoms in total. The van der Waals surface area contributed by atoms with Gasteiger partial charge in [-0.3, -0.25) is 0 Å². The first-order chi connectivity index (χ1) is 6.25. The first-order valence-corrected chi connectivity index (χ1v) is 4.84. The molecular weight excluding hydrogens is 168 g/mol. The van der Waals surface area contributed by atoms with Crippen LogP contribution in [0.5, 0.6) is 0 Å². The van der Waals surface area contributed by atoms with Gasteiger partial charge in [0.25, 0.3) is 0 Å². The molecule has 1 heterocycles. The fraction of sp³-hybridized carbons (Fsp3) is 0.889. The van der Waals surface area contributed by atoms with Crippen LogP contribution in [0.15, 0.2) is 0 Å². The second-order valence-corrected chi connectivity index (χ2v) is 3.32. The Morgan fingerprint density at radius 3 is 3.00 bits per heavy atom. The summed E-state index contributed by atoms with van der Waals surface area (Å²) in [5.41, 5.74) is 0. The van der Waals surface area contributed by atoms with Gasteiger partial charge in [0.15, 0.2) is 0 Å². The molecule has 1 fully saturated rings. The van der Waals surface area contributed by atoms with Gasteiger partial charge in [-0.05, 0) is 19.8 Å². The zero-order chi connectivity index (χ0) is 9.68. The highest BCUT2D eigenvalue weighted by molar-refractivity contribution is 5.74. The van der Waals surface area contributed by atoms with E-state index in [4.69, 9.17) is 4.74 Å². The lowest BCUT2D eigenvalue weighted by atomic mass is 10.1. The first-order valence-electron chi connectivity index (χ1n) is 4.84. The third-order valence-electron chi connectivity index (χ3n) is 2.33. The summed E-state index contributed by atoms with van der Waals surface area (Å²) < 4.78 is 5.31. The van der Waals surface area contributed by atoms with Gasteiger partial charge in [-0.2, -0.15) is 0 Å². The molecule has 0 aromatic heterocycles. The summed E-state index contributed by atoms with van der Waals surface area (Å²) in [6, 6.07) is 0.248. The van der Waals surface area contributed by atoms with E-state index in [1.807, 2.05) is 14.0 Å². The maximum absolute atomic E-state index is 11.4. The summed E-state index contributed by atoms with van der Waals surface area (Å²) in [6.07, 6.45) is 2.10. The van der Waals surface area contributed by atoms with Crippen LogP contribution in [0, 0.1) is 0 Å². The number of rotatable bonds is 2. The van der Waals surface area contributed by atoms with Crippen LogP contribution in [0.1, 0.15) is 19.8 Å². The molecule has 4 heteroatoms. The molecule has 0 aliphatic carbocycles. The molecule has 13 heavy (non-hydrogen) atoms. The molecule has 76 valence electrons. The van der Waals surface area contributed by atoms with Gasteiger partial charge in [0, 0.05) is 20.2 Å². The molecule has 0 bridgehead atoms. The second-order valence-electron chi connectivity index (χ2n) is 3.32. The van der Waals surface area contributed by atoms with Crippen molar-refractivity contribution in [2.75, 3.05) is 26.8 Å². The third-order valence-corrected chi connectivity index (χ3v) is 2.33. The summed E-state index contributed by atoms with van der Waals surface area (Å²) in [7, 11) is 1.82. The Labute approximate surface area is 79.2 Å². The average Bonchev–Trinajstić information content (AvgIpc) is 2.18. The Morgan fingerprint density at radius 1 is 1.69 bits per heavy atom. The lowest BCUT2D eigenvalue weighted by Gasteiger charge is -2.30. The van der Waals surface area contributed by atoms with Crippen LogP contribution < -0.4 is 5.32 Å². The van der Waals surface area contributed by atoms with Crippen molar-refractivity contribution in [1.82, 2.24) is 10.2 Å². The number of hydrogen-bond acceptors (Lipinski definition) is 2. The molecule has 2 amide bonds. The van der Waals surface area contributed by atoms with E-state index in [9.17, 15) is 4.79 Å². The van der Waals surface area contributed by atoms with E-state index in [-0.39, 0.29) is 12.1 Å². The van der Waals surface area contributed by atoms with Crippen molar-refractivity contribution in [3.05, 3.63) is 0 Å². The van der Waals surface area contributed by atoms with Crippen LogP contribution in [0.2, 0.25) is 0 Å². The van der Waals surface area contributed by atoms with Gasteiger partial charge in [-0.25, -0.2) is 4.79 Å². The SMILES string of the molecule is CCNC(=O)N(C)C1CCCOC1. The molecule has 1 rings (SSSR count). The van der Waals surface area contributed by atoms with Gasteiger partial charge >= 0.3 is 6.03 Å². The Morgan fingerprint density at radius 2 is 2.46 bits per heavy atom. The Kier molecular flexibility index (Phi) is 4.02. The number of hydrogen-bond donors (Lipinski definition) is 1. The first kappa shape index (κ1) is 10.3. The quantitative estimate of drug-likeness (QED) is 0.694. The molecule has 1 aliphatic heterocycles. The highest BCUT2D eigenvalue weighted by atomic mass is 16.5. The van der Waals surface area contributed by atoms with Crippen molar-refractivity contribution in [2.45, 2.75) is 25.8 Å². The van der Waals surface area contributed by atoms with Crippen molar-refractivity contribution in [3.8, 4) is 0 Å². The lowest BCUT2D eigenvalue weighted by Crippen LogP contribution is -2.46. The van der Waals surface area contributed by atoms with E-state index in [2.05, 4.69) is 5.32 Å². The van der Waals surface area contributed by atoms with E-state index in [0.29, 0.717) is 13.2 Å². The van der Waals surface area contributed by atoms with Crippen LogP contribution >= 0.6 is 0 Å². The monoisotopic (exact) mass is 186 g/mol. The van der Waals surface area contributed by atoms with Crippen LogP contribution in [-0.2, 0) is 4.74 Å². The van der Waals surface area contributed by atoms with Gasteiger partial charge < -0.3 is 15.0 Å². The van der Waals surface area contributed by atoms with Gasteiger partial charge in [-0.15, -0.1) is 0 Å². The Balaban J connectivity index is 2.35. The van der Waals surface area contributed by atoms with Gasteiger partial charge in [0.2, 0.25) is 0 Å². The molecule has 1 saturated heterocycles. The van der Waals surface area contributed by atoms with Crippen LogP contribution in [0.3, 0.4) is 0 Å². The van der Waals surface area contributed by atoms with E-state index in [1.54, 1.807) is 4.90 Å².